The van der Waals surface area contributed by atoms with Crippen molar-refractivity contribution in [3.8, 4) is 17.2 Å². The van der Waals surface area contributed by atoms with E-state index in [2.05, 4.69) is 15.5 Å². The zero-order chi connectivity index (χ0) is 25.4. The van der Waals surface area contributed by atoms with E-state index >= 15 is 0 Å². The lowest BCUT2D eigenvalue weighted by atomic mass is 10.0. The summed E-state index contributed by atoms with van der Waals surface area (Å²) in [5.41, 5.74) is -0.353. The Morgan fingerprint density at radius 3 is 2.37 bits per heavy atom. The summed E-state index contributed by atoms with van der Waals surface area (Å²) in [5.74, 6) is 0.332. The summed E-state index contributed by atoms with van der Waals surface area (Å²) in [5, 5.41) is 11.2. The molecule has 0 bridgehead atoms. The lowest BCUT2D eigenvalue weighted by Gasteiger charge is -2.09. The first-order valence-corrected chi connectivity index (χ1v) is 12.5. The smallest absolute Gasteiger partial charge is 0.344 e. The molecule has 0 aliphatic rings. The van der Waals surface area contributed by atoms with Crippen molar-refractivity contribution in [1.29, 1.82) is 0 Å². The number of hydrogen-bond donors (Lipinski definition) is 1. The maximum absolute atomic E-state index is 12.5. The van der Waals surface area contributed by atoms with Crippen molar-refractivity contribution in [2.45, 2.75) is 36.8 Å². The number of carbonyl (C=O) groups is 2. The molecule has 2 aromatic heterocycles. The second-order valence-corrected chi connectivity index (χ2v) is 9.43. The molecule has 0 radical (unpaired) electrons. The van der Waals surface area contributed by atoms with Crippen LogP contribution in [0.2, 0.25) is 0 Å². The van der Waals surface area contributed by atoms with Crippen LogP contribution in [-0.4, -0.2) is 36.3 Å². The average molecular weight is 520 g/mol. The largest absolute Gasteiger partial charge is 0.497 e. The molecule has 186 valence electrons. The number of methoxy groups -OCH3 is 2. The van der Waals surface area contributed by atoms with E-state index in [1.165, 1.54) is 55.5 Å². The zero-order valence-corrected chi connectivity index (χ0v) is 21.3. The van der Waals surface area contributed by atoms with Gasteiger partial charge < -0.3 is 23.9 Å². The Labute approximate surface area is 210 Å². The number of amides is 1. The van der Waals surface area contributed by atoms with Crippen molar-refractivity contribution in [1.82, 2.24) is 10.2 Å². The van der Waals surface area contributed by atoms with Gasteiger partial charge in [0, 0.05) is 18.1 Å². The molecule has 10 nitrogen and oxygen atoms in total. The molecule has 2 heterocycles. The molecule has 12 heteroatoms. The van der Waals surface area contributed by atoms with E-state index in [1.807, 2.05) is 13.8 Å². The molecule has 0 fully saturated rings. The molecule has 0 saturated heterocycles. The first-order valence-electron chi connectivity index (χ1n) is 10.7. The van der Waals surface area contributed by atoms with Crippen molar-refractivity contribution in [3.05, 3.63) is 52.1 Å². The fraction of sp³-hybridized carbons (Fsp3) is 0.348. The Bertz CT molecular complexity index is 1220. The number of nitrogens with one attached hydrogen (secondary N) is 1. The third-order valence-corrected chi connectivity index (χ3v) is 6.97. The standard InChI is InChI=1S/C23H25N3O7S2/c1-5-13(6-2)20(28)24-22-25-26-23(35-22)34-12-17-10-18(27)19(11-32-17)33-21(29)14-7-15(30-3)9-16(8-14)31-4/h7-11,13H,5-6,12H2,1-4H3,(H,24,25,28). The minimum absolute atomic E-state index is 0.0668. The van der Waals surface area contributed by atoms with Crippen molar-refractivity contribution >= 4 is 40.1 Å². The van der Waals surface area contributed by atoms with Crippen LogP contribution in [0.15, 0.2) is 44.1 Å². The minimum atomic E-state index is -0.756. The highest BCUT2D eigenvalue weighted by atomic mass is 32.2. The van der Waals surface area contributed by atoms with Crippen molar-refractivity contribution in [3.63, 3.8) is 0 Å². The van der Waals surface area contributed by atoms with Crippen LogP contribution < -0.4 is 25.0 Å². The van der Waals surface area contributed by atoms with Gasteiger partial charge in [-0.25, -0.2) is 4.79 Å². The molecule has 35 heavy (non-hydrogen) atoms. The van der Waals surface area contributed by atoms with Crippen molar-refractivity contribution < 1.29 is 28.2 Å². The fourth-order valence-corrected chi connectivity index (χ4v) is 4.64. The van der Waals surface area contributed by atoms with Crippen LogP contribution in [0.25, 0.3) is 0 Å². The topological polar surface area (TPSA) is 130 Å². The van der Waals surface area contributed by atoms with E-state index in [4.69, 9.17) is 18.6 Å². The molecule has 0 atom stereocenters. The van der Waals surface area contributed by atoms with Crippen molar-refractivity contribution in [2.75, 3.05) is 19.5 Å². The van der Waals surface area contributed by atoms with Gasteiger partial charge in [0.1, 0.15) is 23.5 Å². The lowest BCUT2D eigenvalue weighted by Crippen LogP contribution is -2.21. The molecule has 0 aliphatic heterocycles. The monoisotopic (exact) mass is 519 g/mol. The highest BCUT2D eigenvalue weighted by Crippen LogP contribution is 2.29. The van der Waals surface area contributed by atoms with Gasteiger partial charge in [-0.15, -0.1) is 10.2 Å². The first-order chi connectivity index (χ1) is 16.9. The van der Waals surface area contributed by atoms with Gasteiger partial charge in [0.05, 0.1) is 25.5 Å². The number of thioether (sulfide) groups is 1. The van der Waals surface area contributed by atoms with Gasteiger partial charge in [-0.05, 0) is 25.0 Å². The van der Waals surface area contributed by atoms with Crippen LogP contribution >= 0.6 is 23.1 Å². The number of benzene rings is 1. The number of aromatic nitrogens is 2. The maximum atomic E-state index is 12.5. The molecule has 3 rings (SSSR count). The third-order valence-electron chi connectivity index (χ3n) is 4.97. The summed E-state index contributed by atoms with van der Waals surface area (Å²) in [6.45, 7) is 3.93. The van der Waals surface area contributed by atoms with Gasteiger partial charge in [-0.1, -0.05) is 36.9 Å². The normalized spacial score (nSPS) is 10.8. The highest BCUT2D eigenvalue weighted by molar-refractivity contribution is 8.00. The first kappa shape index (κ1) is 26.2. The summed E-state index contributed by atoms with van der Waals surface area (Å²) in [4.78, 5) is 37.1. The van der Waals surface area contributed by atoms with E-state index in [-0.39, 0.29) is 23.1 Å². The Balaban J connectivity index is 1.60. The SMILES string of the molecule is CCC(CC)C(=O)Nc1nnc(SCc2cc(=O)c(OC(=O)c3cc(OC)cc(OC)c3)co2)s1. The van der Waals surface area contributed by atoms with Gasteiger partial charge in [0.15, 0.2) is 4.34 Å². The van der Waals surface area contributed by atoms with Crippen LogP contribution in [0.3, 0.4) is 0 Å². The molecule has 1 aromatic carbocycles. The number of hydrogen-bond acceptors (Lipinski definition) is 11. The number of ether oxygens (including phenoxy) is 3. The van der Waals surface area contributed by atoms with Crippen LogP contribution in [0.4, 0.5) is 5.13 Å². The van der Waals surface area contributed by atoms with E-state index < -0.39 is 11.4 Å². The average Bonchev–Trinajstić information content (AvgIpc) is 3.31. The quantitative estimate of drug-likeness (QED) is 0.221. The van der Waals surface area contributed by atoms with Crippen LogP contribution in [0.5, 0.6) is 17.2 Å². The summed E-state index contributed by atoms with van der Waals surface area (Å²) in [7, 11) is 2.92. The number of anilines is 1. The zero-order valence-electron chi connectivity index (χ0n) is 19.7. The number of esters is 1. The number of nitrogens with zero attached hydrogens (tertiary/aromatic N) is 2. The van der Waals surface area contributed by atoms with E-state index in [0.29, 0.717) is 32.5 Å². The predicted octanol–water partition coefficient (Wildman–Crippen LogP) is 4.39. The summed E-state index contributed by atoms with van der Waals surface area (Å²) in [6, 6.07) is 5.81. The van der Waals surface area contributed by atoms with E-state index in [0.717, 1.165) is 19.1 Å². The second-order valence-electron chi connectivity index (χ2n) is 7.23. The van der Waals surface area contributed by atoms with Gasteiger partial charge in [-0.3, -0.25) is 9.59 Å². The second kappa shape index (κ2) is 12.4. The van der Waals surface area contributed by atoms with Gasteiger partial charge in [0.2, 0.25) is 22.2 Å². The predicted molar refractivity (Wildman–Crippen MR) is 132 cm³/mol. The van der Waals surface area contributed by atoms with Gasteiger partial charge >= 0.3 is 5.97 Å². The highest BCUT2D eigenvalue weighted by Gasteiger charge is 2.18. The Kier molecular flexibility index (Phi) is 9.26. The Morgan fingerprint density at radius 2 is 1.77 bits per heavy atom. The molecule has 0 spiro atoms. The van der Waals surface area contributed by atoms with Crippen LogP contribution in [-0.2, 0) is 10.5 Å². The summed E-state index contributed by atoms with van der Waals surface area (Å²) < 4.78 is 21.6. The molecule has 0 saturated carbocycles. The molecular weight excluding hydrogens is 494 g/mol. The molecule has 1 amide bonds. The third kappa shape index (κ3) is 7.06. The Hall–Kier alpha value is -3.38. The molecule has 0 aliphatic carbocycles. The van der Waals surface area contributed by atoms with E-state index in [9.17, 15) is 14.4 Å². The van der Waals surface area contributed by atoms with Crippen LogP contribution in [0.1, 0.15) is 42.8 Å². The minimum Gasteiger partial charge on any atom is -0.497 e. The maximum Gasteiger partial charge on any atom is 0.344 e. The molecular formula is C23H25N3O7S2. The molecule has 0 unspecified atom stereocenters. The van der Waals surface area contributed by atoms with E-state index in [1.54, 1.807) is 6.07 Å². The number of rotatable bonds is 11. The molecule has 1 N–H and O–H groups in total. The van der Waals surface area contributed by atoms with Gasteiger partial charge in [-0.2, -0.15) is 0 Å². The summed E-state index contributed by atoms with van der Waals surface area (Å²) in [6.07, 6.45) is 2.59. The van der Waals surface area contributed by atoms with Crippen molar-refractivity contribution in [2.24, 2.45) is 5.92 Å². The Morgan fingerprint density at radius 1 is 1.09 bits per heavy atom. The number of carbonyl (C=O) groups excluding carboxylic acids is 2. The van der Waals surface area contributed by atoms with Crippen LogP contribution in [0, 0.1) is 5.92 Å². The summed E-state index contributed by atoms with van der Waals surface area (Å²) >= 11 is 2.54. The molecule has 3 aromatic rings. The lowest BCUT2D eigenvalue weighted by molar-refractivity contribution is -0.120. The van der Waals surface area contributed by atoms with Gasteiger partial charge in [0.25, 0.3) is 0 Å². The fourth-order valence-electron chi connectivity index (χ4n) is 2.99.